The number of rotatable bonds is 12. The zero-order valence-corrected chi connectivity index (χ0v) is 24.2. The average Bonchev–Trinajstić information content (AvgIpc) is 3.56. The minimum Gasteiger partial charge on any atom is -0.467 e. The van der Waals surface area contributed by atoms with E-state index in [0.29, 0.717) is 31.8 Å². The van der Waals surface area contributed by atoms with Crippen LogP contribution < -0.4 is 38.9 Å². The number of hydrogen-bond donors (Lipinski definition) is 11. The quantitative estimate of drug-likeness (QED) is 0.0930. The van der Waals surface area contributed by atoms with Crippen LogP contribution in [-0.2, 0) is 23.7 Å². The number of carbonyl (C=O) groups excluding carboxylic acids is 1. The molecule has 1 amide bonds. The topological polar surface area (TPSA) is 275 Å². The standard InChI is InChI=1S/C26H49N7O9/c1-25(37)11-39-23(18(35)21(25)31-2)42-20-15(33-24(36)26(38)9-16(26)30)8-14(29)19(17(20)34)41-22-13(28)5-4-12(40-22)10-32-7-3-6-27/h4,13-23,31-32,34-35,37-38H,3,5-11,27-30H2,1-2H3,(H,33,36)/t13-,14+,15-,16?,17+,18-,19?,20+,21-,22-,23-,25+,26?/m1/s1. The second-order valence-electron chi connectivity index (χ2n) is 12.1. The Kier molecular flexibility index (Phi) is 10.8. The van der Waals surface area contributed by atoms with Gasteiger partial charge in [-0.3, -0.25) is 4.79 Å². The lowest BCUT2D eigenvalue weighted by Crippen LogP contribution is -2.69. The van der Waals surface area contributed by atoms with E-state index in [9.17, 15) is 25.2 Å². The molecule has 2 saturated carbocycles. The SMILES string of the molecule is CN[C@@H]1[C@@H](O)[C@@H](O[C@H]2[C@H](NC(=O)C3(O)CC3N)C[C@H](N)C(O[C@H]3OC(CNCCCN)=CC[C@H]3N)[C@@H]2O)OC[C@]1(C)O. The number of hydrogen-bond acceptors (Lipinski definition) is 15. The van der Waals surface area contributed by atoms with Crippen molar-refractivity contribution in [3.63, 3.8) is 0 Å². The molecule has 0 radical (unpaired) electrons. The maximum absolute atomic E-state index is 12.9. The first kappa shape index (κ1) is 33.4. The van der Waals surface area contributed by atoms with Gasteiger partial charge in [-0.25, -0.2) is 0 Å². The molecule has 0 aromatic heterocycles. The highest BCUT2D eigenvalue weighted by atomic mass is 16.7. The fourth-order valence-electron chi connectivity index (χ4n) is 5.79. The Labute approximate surface area is 245 Å². The lowest BCUT2D eigenvalue weighted by molar-refractivity contribution is -0.304. The number of aliphatic hydroxyl groups excluding tert-OH is 2. The predicted octanol–water partition coefficient (Wildman–Crippen LogP) is -5.25. The summed E-state index contributed by atoms with van der Waals surface area (Å²) >= 11 is 0. The van der Waals surface area contributed by atoms with Gasteiger partial charge in [0.15, 0.2) is 11.9 Å². The van der Waals surface area contributed by atoms with E-state index in [1.54, 1.807) is 7.05 Å². The molecule has 13 atom stereocenters. The maximum Gasteiger partial charge on any atom is 0.253 e. The molecule has 4 aliphatic rings. The Morgan fingerprint density at radius 1 is 1.12 bits per heavy atom. The third kappa shape index (κ3) is 7.23. The van der Waals surface area contributed by atoms with Gasteiger partial charge < -0.3 is 78.3 Å². The van der Waals surface area contributed by atoms with Crippen LogP contribution in [-0.4, -0.2) is 138 Å². The number of aliphatic hydroxyl groups is 4. The first-order valence-electron chi connectivity index (χ1n) is 14.6. The summed E-state index contributed by atoms with van der Waals surface area (Å²) in [6, 6.07) is -3.78. The molecule has 2 heterocycles. The third-order valence-electron chi connectivity index (χ3n) is 8.53. The molecule has 2 aliphatic heterocycles. The second kappa shape index (κ2) is 13.6. The monoisotopic (exact) mass is 603 g/mol. The van der Waals surface area contributed by atoms with Crippen LogP contribution in [0.3, 0.4) is 0 Å². The Morgan fingerprint density at radius 2 is 1.81 bits per heavy atom. The van der Waals surface area contributed by atoms with Crippen molar-refractivity contribution >= 4 is 5.91 Å². The van der Waals surface area contributed by atoms with Crippen LogP contribution in [0, 0.1) is 0 Å². The lowest BCUT2D eigenvalue weighted by atomic mass is 9.83. The van der Waals surface area contributed by atoms with Crippen molar-refractivity contribution < 1.29 is 44.2 Å². The molecule has 16 nitrogen and oxygen atoms in total. The fraction of sp³-hybridized carbons (Fsp3) is 0.885. The summed E-state index contributed by atoms with van der Waals surface area (Å²) in [5.41, 5.74) is 20.9. The molecule has 15 N–H and O–H groups in total. The highest BCUT2D eigenvalue weighted by Gasteiger charge is 2.59. The van der Waals surface area contributed by atoms with Crippen LogP contribution in [0.15, 0.2) is 11.8 Å². The van der Waals surface area contributed by atoms with Crippen LogP contribution >= 0.6 is 0 Å². The second-order valence-corrected chi connectivity index (χ2v) is 12.1. The van der Waals surface area contributed by atoms with Crippen LogP contribution in [0.4, 0.5) is 0 Å². The lowest BCUT2D eigenvalue weighted by Gasteiger charge is -2.49. The summed E-state index contributed by atoms with van der Waals surface area (Å²) in [5.74, 6) is -0.0866. The molecule has 0 aromatic carbocycles. The molecule has 0 spiro atoms. The van der Waals surface area contributed by atoms with E-state index in [-0.39, 0.29) is 19.4 Å². The van der Waals surface area contributed by atoms with Crippen molar-refractivity contribution in [1.29, 1.82) is 0 Å². The Morgan fingerprint density at radius 3 is 2.45 bits per heavy atom. The van der Waals surface area contributed by atoms with Gasteiger partial charge in [0.1, 0.15) is 35.8 Å². The molecule has 16 heteroatoms. The summed E-state index contributed by atoms with van der Waals surface area (Å²) in [5, 5.41) is 52.4. The van der Waals surface area contributed by atoms with E-state index < -0.39 is 84.3 Å². The zero-order chi connectivity index (χ0) is 30.8. The Hall–Kier alpha value is -1.51. The first-order valence-corrected chi connectivity index (χ1v) is 14.6. The van der Waals surface area contributed by atoms with Gasteiger partial charge in [0.25, 0.3) is 5.91 Å². The predicted molar refractivity (Wildman–Crippen MR) is 149 cm³/mol. The third-order valence-corrected chi connectivity index (χ3v) is 8.53. The number of nitrogens with two attached hydrogens (primary N) is 4. The molecule has 3 unspecified atom stereocenters. The summed E-state index contributed by atoms with van der Waals surface area (Å²) in [6.45, 7) is 3.07. The number of amides is 1. The number of ether oxygens (including phenoxy) is 4. The maximum atomic E-state index is 12.9. The highest BCUT2D eigenvalue weighted by molar-refractivity contribution is 5.89. The van der Waals surface area contributed by atoms with Crippen LogP contribution in [0.5, 0.6) is 0 Å². The van der Waals surface area contributed by atoms with Gasteiger partial charge >= 0.3 is 0 Å². The van der Waals surface area contributed by atoms with E-state index in [2.05, 4.69) is 16.0 Å². The van der Waals surface area contributed by atoms with E-state index >= 15 is 0 Å². The molecule has 0 aromatic rings. The van der Waals surface area contributed by atoms with Crippen molar-refractivity contribution in [3.8, 4) is 0 Å². The minimum absolute atomic E-state index is 0.0741. The largest absolute Gasteiger partial charge is 0.467 e. The van der Waals surface area contributed by atoms with Crippen molar-refractivity contribution in [2.45, 2.75) is 111 Å². The summed E-state index contributed by atoms with van der Waals surface area (Å²) < 4.78 is 23.9. The molecular formula is C26H49N7O9. The summed E-state index contributed by atoms with van der Waals surface area (Å²) in [6.07, 6.45) is -3.92. The van der Waals surface area contributed by atoms with Gasteiger partial charge in [-0.05, 0) is 52.4 Å². The average molecular weight is 604 g/mol. The molecule has 0 bridgehead atoms. The van der Waals surface area contributed by atoms with Gasteiger partial charge in [0.2, 0.25) is 6.29 Å². The molecule has 4 rings (SSSR count). The van der Waals surface area contributed by atoms with Gasteiger partial charge in [0.05, 0.1) is 31.3 Å². The first-order chi connectivity index (χ1) is 19.8. The molecule has 242 valence electrons. The van der Waals surface area contributed by atoms with Crippen molar-refractivity contribution in [2.75, 3.05) is 33.3 Å². The molecule has 2 aliphatic carbocycles. The van der Waals surface area contributed by atoms with Gasteiger partial charge in [-0.15, -0.1) is 0 Å². The number of carbonyl (C=O) groups is 1. The van der Waals surface area contributed by atoms with Crippen LogP contribution in [0.1, 0.15) is 32.6 Å². The molecule has 3 fully saturated rings. The number of likely N-dealkylation sites (N-methyl/N-ethyl adjacent to an activating group) is 1. The van der Waals surface area contributed by atoms with E-state index in [0.717, 1.165) is 6.42 Å². The van der Waals surface area contributed by atoms with Gasteiger partial charge in [-0.1, -0.05) is 0 Å². The van der Waals surface area contributed by atoms with Crippen LogP contribution in [0.2, 0.25) is 0 Å². The van der Waals surface area contributed by atoms with Gasteiger partial charge in [0, 0.05) is 18.5 Å². The van der Waals surface area contributed by atoms with E-state index in [4.69, 9.17) is 41.9 Å². The summed E-state index contributed by atoms with van der Waals surface area (Å²) in [4.78, 5) is 12.9. The van der Waals surface area contributed by atoms with Crippen molar-refractivity contribution in [2.24, 2.45) is 22.9 Å². The highest BCUT2D eigenvalue weighted by Crippen LogP contribution is 2.36. The van der Waals surface area contributed by atoms with E-state index in [1.165, 1.54) is 6.92 Å². The van der Waals surface area contributed by atoms with E-state index in [1.807, 2.05) is 6.08 Å². The van der Waals surface area contributed by atoms with Crippen LogP contribution in [0.25, 0.3) is 0 Å². The molecule has 1 saturated heterocycles. The van der Waals surface area contributed by atoms with Crippen molar-refractivity contribution in [3.05, 3.63) is 11.8 Å². The fourth-order valence-corrected chi connectivity index (χ4v) is 5.79. The normalized spacial score (nSPS) is 45.6. The Balaban J connectivity index is 1.49. The smallest absolute Gasteiger partial charge is 0.253 e. The number of nitrogens with one attached hydrogen (secondary N) is 3. The molecule has 42 heavy (non-hydrogen) atoms. The van der Waals surface area contributed by atoms with Crippen molar-refractivity contribution in [1.82, 2.24) is 16.0 Å². The summed E-state index contributed by atoms with van der Waals surface area (Å²) in [7, 11) is 1.58. The van der Waals surface area contributed by atoms with Gasteiger partial charge in [-0.2, -0.15) is 0 Å². The Bertz CT molecular complexity index is 961. The molecular weight excluding hydrogens is 554 g/mol. The minimum atomic E-state index is -1.73. The zero-order valence-electron chi connectivity index (χ0n) is 24.2.